The first-order valence-corrected chi connectivity index (χ1v) is 8.47. The number of aromatic nitrogens is 4. The van der Waals surface area contributed by atoms with E-state index in [-0.39, 0.29) is 5.41 Å². The Morgan fingerprint density at radius 2 is 2.00 bits per heavy atom. The van der Waals surface area contributed by atoms with Crippen LogP contribution in [0, 0.1) is 6.92 Å². The van der Waals surface area contributed by atoms with Gasteiger partial charge in [0.15, 0.2) is 0 Å². The van der Waals surface area contributed by atoms with Gasteiger partial charge in [0.05, 0.1) is 6.20 Å². The fourth-order valence-corrected chi connectivity index (χ4v) is 3.07. The third kappa shape index (κ3) is 3.29. The molecule has 5 nitrogen and oxygen atoms in total. The van der Waals surface area contributed by atoms with Crippen molar-refractivity contribution in [3.05, 3.63) is 40.7 Å². The van der Waals surface area contributed by atoms with E-state index in [2.05, 4.69) is 54.3 Å². The summed E-state index contributed by atoms with van der Waals surface area (Å²) in [5.41, 5.74) is 5.10. The highest BCUT2D eigenvalue weighted by molar-refractivity contribution is 5.23. The van der Waals surface area contributed by atoms with Crippen LogP contribution in [0.15, 0.2) is 12.4 Å². The van der Waals surface area contributed by atoms with E-state index in [1.807, 2.05) is 12.4 Å². The zero-order valence-electron chi connectivity index (χ0n) is 14.9. The highest BCUT2D eigenvalue weighted by Gasteiger charge is 2.23. The van der Waals surface area contributed by atoms with E-state index in [0.29, 0.717) is 0 Å². The lowest BCUT2D eigenvalue weighted by Crippen LogP contribution is -2.32. The Hall–Kier alpha value is -1.75. The molecule has 23 heavy (non-hydrogen) atoms. The molecular weight excluding hydrogens is 286 g/mol. The lowest BCUT2D eigenvalue weighted by atomic mass is 9.95. The van der Waals surface area contributed by atoms with Crippen LogP contribution in [-0.2, 0) is 31.5 Å². The summed E-state index contributed by atoms with van der Waals surface area (Å²) in [4.78, 5) is 11.9. The molecule has 0 radical (unpaired) electrons. The molecule has 2 aromatic heterocycles. The number of fused-ring (bicyclic) bond motifs is 1. The summed E-state index contributed by atoms with van der Waals surface area (Å²) in [6.45, 7) is 14.6. The van der Waals surface area contributed by atoms with Crippen LogP contribution in [0.25, 0.3) is 0 Å². The highest BCUT2D eigenvalue weighted by Crippen LogP contribution is 2.23. The minimum Gasteiger partial charge on any atom is -0.294 e. The van der Waals surface area contributed by atoms with Crippen LogP contribution in [0.4, 0.5) is 0 Å². The van der Waals surface area contributed by atoms with Crippen LogP contribution in [0.5, 0.6) is 0 Å². The van der Waals surface area contributed by atoms with Crippen LogP contribution < -0.4 is 0 Å². The van der Waals surface area contributed by atoms with Crippen molar-refractivity contribution in [1.29, 1.82) is 0 Å². The van der Waals surface area contributed by atoms with Crippen molar-refractivity contribution >= 4 is 0 Å². The lowest BCUT2D eigenvalue weighted by molar-refractivity contribution is 0.241. The molecule has 0 saturated carbocycles. The number of aryl methyl sites for hydroxylation is 1. The molecule has 5 heteroatoms. The topological polar surface area (TPSA) is 46.8 Å². The molecule has 0 aliphatic carbocycles. The average Bonchev–Trinajstić information content (AvgIpc) is 2.86. The van der Waals surface area contributed by atoms with Crippen molar-refractivity contribution in [3.8, 4) is 0 Å². The first-order valence-electron chi connectivity index (χ1n) is 8.47. The van der Waals surface area contributed by atoms with Gasteiger partial charge in [-0.15, -0.1) is 0 Å². The maximum atomic E-state index is 4.81. The SMILES string of the molecule is CCn1ncc(CN2CCc3nc(C(C)(C)C)ncc3C2)c1C. The second kappa shape index (κ2) is 6.04. The first-order chi connectivity index (χ1) is 10.9. The molecule has 0 fully saturated rings. The summed E-state index contributed by atoms with van der Waals surface area (Å²) in [6, 6.07) is 0. The average molecular weight is 313 g/mol. The monoisotopic (exact) mass is 313 g/mol. The van der Waals surface area contributed by atoms with Crippen molar-refractivity contribution in [3.63, 3.8) is 0 Å². The van der Waals surface area contributed by atoms with E-state index in [1.165, 1.54) is 22.5 Å². The Labute approximate surface area is 138 Å². The predicted octanol–water partition coefficient (Wildman–Crippen LogP) is 2.86. The van der Waals surface area contributed by atoms with E-state index < -0.39 is 0 Å². The second-order valence-corrected chi connectivity index (χ2v) is 7.45. The Bertz CT molecular complexity index is 696. The van der Waals surface area contributed by atoms with Crippen molar-refractivity contribution in [2.24, 2.45) is 0 Å². The van der Waals surface area contributed by atoms with Gasteiger partial charge in [-0.2, -0.15) is 5.10 Å². The van der Waals surface area contributed by atoms with Crippen molar-refractivity contribution in [1.82, 2.24) is 24.6 Å². The summed E-state index contributed by atoms with van der Waals surface area (Å²) < 4.78 is 2.06. The van der Waals surface area contributed by atoms with Gasteiger partial charge in [0.2, 0.25) is 0 Å². The molecule has 0 saturated heterocycles. The molecule has 1 aliphatic rings. The largest absolute Gasteiger partial charge is 0.294 e. The molecule has 0 atom stereocenters. The Morgan fingerprint density at radius 3 is 2.65 bits per heavy atom. The molecule has 3 heterocycles. The van der Waals surface area contributed by atoms with Crippen LogP contribution in [-0.4, -0.2) is 31.2 Å². The van der Waals surface area contributed by atoms with Crippen LogP contribution >= 0.6 is 0 Å². The Kier molecular flexibility index (Phi) is 4.23. The van der Waals surface area contributed by atoms with E-state index in [0.717, 1.165) is 38.4 Å². The van der Waals surface area contributed by atoms with Gasteiger partial charge in [-0.1, -0.05) is 20.8 Å². The molecule has 2 aromatic rings. The summed E-state index contributed by atoms with van der Waals surface area (Å²) in [7, 11) is 0. The third-order valence-corrected chi connectivity index (χ3v) is 4.58. The summed E-state index contributed by atoms with van der Waals surface area (Å²) in [5.74, 6) is 0.949. The molecule has 0 amide bonds. The van der Waals surface area contributed by atoms with Gasteiger partial charge in [-0.05, 0) is 13.8 Å². The Balaban J connectivity index is 1.74. The van der Waals surface area contributed by atoms with Gasteiger partial charge in [-0.3, -0.25) is 9.58 Å². The molecular formula is C18H27N5. The van der Waals surface area contributed by atoms with E-state index in [1.54, 1.807) is 0 Å². The normalized spacial score (nSPS) is 15.7. The zero-order chi connectivity index (χ0) is 16.6. The van der Waals surface area contributed by atoms with Gasteiger partial charge in [0.1, 0.15) is 5.82 Å². The van der Waals surface area contributed by atoms with Gasteiger partial charge < -0.3 is 0 Å². The van der Waals surface area contributed by atoms with Crippen molar-refractivity contribution in [2.45, 2.75) is 66.1 Å². The summed E-state index contributed by atoms with van der Waals surface area (Å²) in [6.07, 6.45) is 5.03. The summed E-state index contributed by atoms with van der Waals surface area (Å²) >= 11 is 0. The minimum atomic E-state index is 0.0119. The molecule has 0 aromatic carbocycles. The predicted molar refractivity (Wildman–Crippen MR) is 91.2 cm³/mol. The molecule has 0 N–H and O–H groups in total. The van der Waals surface area contributed by atoms with Crippen LogP contribution in [0.1, 0.15) is 56.0 Å². The fourth-order valence-electron chi connectivity index (χ4n) is 3.07. The van der Waals surface area contributed by atoms with Gasteiger partial charge in [-0.25, -0.2) is 9.97 Å². The number of hydrogen-bond donors (Lipinski definition) is 0. The van der Waals surface area contributed by atoms with Crippen LogP contribution in [0.3, 0.4) is 0 Å². The standard InChI is InChI=1S/C18H27N5/c1-6-23-13(2)14(10-20-23)11-22-8-7-16-15(12-22)9-19-17(21-16)18(3,4)5/h9-10H,6-8,11-12H2,1-5H3. The van der Waals surface area contributed by atoms with Crippen LogP contribution in [0.2, 0.25) is 0 Å². The lowest BCUT2D eigenvalue weighted by Gasteiger charge is -2.29. The van der Waals surface area contributed by atoms with Crippen molar-refractivity contribution < 1.29 is 0 Å². The van der Waals surface area contributed by atoms with Gasteiger partial charge >= 0.3 is 0 Å². The third-order valence-electron chi connectivity index (χ3n) is 4.58. The first kappa shape index (κ1) is 16.1. The minimum absolute atomic E-state index is 0.0119. The summed E-state index contributed by atoms with van der Waals surface area (Å²) in [5, 5.41) is 4.45. The van der Waals surface area contributed by atoms with Gasteiger partial charge in [0.25, 0.3) is 0 Å². The molecule has 124 valence electrons. The van der Waals surface area contributed by atoms with Crippen molar-refractivity contribution in [2.75, 3.05) is 6.54 Å². The second-order valence-electron chi connectivity index (χ2n) is 7.45. The number of hydrogen-bond acceptors (Lipinski definition) is 4. The number of rotatable bonds is 3. The Morgan fingerprint density at radius 1 is 1.22 bits per heavy atom. The molecule has 0 spiro atoms. The highest BCUT2D eigenvalue weighted by atomic mass is 15.3. The van der Waals surface area contributed by atoms with E-state index in [9.17, 15) is 0 Å². The number of nitrogens with zero attached hydrogens (tertiary/aromatic N) is 5. The van der Waals surface area contributed by atoms with Gasteiger partial charge in [0, 0.05) is 66.7 Å². The molecule has 0 unspecified atom stereocenters. The maximum Gasteiger partial charge on any atom is 0.133 e. The fraction of sp³-hybridized carbons (Fsp3) is 0.611. The maximum absolute atomic E-state index is 4.81. The smallest absolute Gasteiger partial charge is 0.133 e. The molecule has 0 bridgehead atoms. The quantitative estimate of drug-likeness (QED) is 0.874. The van der Waals surface area contributed by atoms with E-state index >= 15 is 0 Å². The zero-order valence-corrected chi connectivity index (χ0v) is 14.9. The molecule has 1 aliphatic heterocycles. The molecule has 3 rings (SSSR count). The van der Waals surface area contributed by atoms with E-state index in [4.69, 9.17) is 4.98 Å².